The van der Waals surface area contributed by atoms with Gasteiger partial charge in [0.05, 0.1) is 11.0 Å². The summed E-state index contributed by atoms with van der Waals surface area (Å²) in [7, 11) is -4.00. The van der Waals surface area contributed by atoms with Crippen LogP contribution in [0.4, 0.5) is 0 Å². The number of carboxylic acid groups (broad SMARTS) is 1. The van der Waals surface area contributed by atoms with E-state index >= 15 is 0 Å². The van der Waals surface area contributed by atoms with Gasteiger partial charge in [0.1, 0.15) is 5.54 Å². The summed E-state index contributed by atoms with van der Waals surface area (Å²) in [5.74, 6) is -1.59. The first-order chi connectivity index (χ1) is 11.8. The van der Waals surface area contributed by atoms with Crippen molar-refractivity contribution in [1.29, 1.82) is 0 Å². The van der Waals surface area contributed by atoms with Crippen LogP contribution in [-0.2, 0) is 14.8 Å². The number of aliphatic hydroxyl groups excluding tert-OH is 1. The minimum atomic E-state index is -4.00. The topological polar surface area (TPSA) is 104 Å². The molecule has 1 saturated carbocycles. The fourth-order valence-electron chi connectivity index (χ4n) is 2.97. The number of aliphatic carboxylic acids is 1. The quantitative estimate of drug-likeness (QED) is 0.730. The minimum absolute atomic E-state index is 0.0313. The van der Waals surface area contributed by atoms with Crippen molar-refractivity contribution in [1.82, 2.24) is 4.72 Å². The molecule has 3 N–H and O–H groups in total. The molecule has 2 aromatic carbocycles. The van der Waals surface area contributed by atoms with Crippen molar-refractivity contribution in [2.45, 2.75) is 35.8 Å². The van der Waals surface area contributed by atoms with Crippen LogP contribution in [-0.4, -0.2) is 30.1 Å². The zero-order chi connectivity index (χ0) is 18.2. The van der Waals surface area contributed by atoms with Gasteiger partial charge in [0, 0.05) is 5.92 Å². The second-order valence-corrected chi connectivity index (χ2v) is 7.98. The van der Waals surface area contributed by atoms with Crippen LogP contribution in [0.15, 0.2) is 59.5 Å². The maximum atomic E-state index is 12.6. The van der Waals surface area contributed by atoms with E-state index in [0.717, 1.165) is 5.56 Å². The molecule has 0 radical (unpaired) electrons. The lowest BCUT2D eigenvalue weighted by Gasteiger charge is -2.16. The van der Waals surface area contributed by atoms with Crippen LogP contribution >= 0.6 is 0 Å². The average Bonchev–Trinajstić information content (AvgIpc) is 3.30. The van der Waals surface area contributed by atoms with Crippen molar-refractivity contribution in [3.8, 4) is 0 Å². The Morgan fingerprint density at radius 3 is 2.28 bits per heavy atom. The third-order valence-electron chi connectivity index (χ3n) is 4.53. The van der Waals surface area contributed by atoms with E-state index < -0.39 is 33.6 Å². The molecule has 0 aliphatic heterocycles. The molecule has 1 aliphatic rings. The van der Waals surface area contributed by atoms with Crippen LogP contribution in [0.1, 0.15) is 36.5 Å². The van der Waals surface area contributed by atoms with E-state index in [1.807, 2.05) is 6.07 Å². The SMILES string of the molecule is CC(O)c1ccc(S(=O)(=O)N[C@]2(C(=O)O)C[C@H]2c2ccccc2)cc1. The highest BCUT2D eigenvalue weighted by molar-refractivity contribution is 7.89. The third-order valence-corrected chi connectivity index (χ3v) is 6.06. The van der Waals surface area contributed by atoms with Crippen LogP contribution in [0.2, 0.25) is 0 Å². The Morgan fingerprint density at radius 1 is 1.16 bits per heavy atom. The lowest BCUT2D eigenvalue weighted by molar-refractivity contribution is -0.140. The van der Waals surface area contributed by atoms with Crippen molar-refractivity contribution in [2.24, 2.45) is 0 Å². The number of nitrogens with one attached hydrogen (secondary N) is 1. The van der Waals surface area contributed by atoms with E-state index in [0.29, 0.717) is 5.56 Å². The molecular formula is C18H19NO5S. The molecule has 6 nitrogen and oxygen atoms in total. The number of sulfonamides is 1. The summed E-state index contributed by atoms with van der Waals surface area (Å²) in [5.41, 5.74) is -0.152. The molecule has 7 heteroatoms. The molecule has 0 aromatic heterocycles. The number of carbonyl (C=O) groups is 1. The predicted octanol–water partition coefficient (Wildman–Crippen LogP) is 2.03. The summed E-state index contributed by atoms with van der Waals surface area (Å²) in [5, 5.41) is 19.1. The van der Waals surface area contributed by atoms with E-state index in [1.165, 1.54) is 24.3 Å². The Morgan fingerprint density at radius 2 is 1.76 bits per heavy atom. The Labute approximate surface area is 146 Å². The minimum Gasteiger partial charge on any atom is -0.480 e. The molecular weight excluding hydrogens is 342 g/mol. The molecule has 0 amide bonds. The molecule has 0 bridgehead atoms. The van der Waals surface area contributed by atoms with Crippen LogP contribution < -0.4 is 4.72 Å². The number of aliphatic hydroxyl groups is 1. The van der Waals surface area contributed by atoms with Gasteiger partial charge in [-0.1, -0.05) is 42.5 Å². The second kappa shape index (κ2) is 6.25. The number of carboxylic acids is 1. The number of rotatable bonds is 6. The highest BCUT2D eigenvalue weighted by Gasteiger charge is 2.63. The Balaban J connectivity index is 1.87. The summed E-state index contributed by atoms with van der Waals surface area (Å²) < 4.78 is 27.6. The highest BCUT2D eigenvalue weighted by Crippen LogP contribution is 2.52. The zero-order valence-electron chi connectivity index (χ0n) is 13.6. The van der Waals surface area contributed by atoms with E-state index in [1.54, 1.807) is 31.2 Å². The van der Waals surface area contributed by atoms with Gasteiger partial charge in [-0.05, 0) is 36.6 Å². The van der Waals surface area contributed by atoms with Gasteiger partial charge in [0.15, 0.2) is 0 Å². The molecule has 1 aliphatic carbocycles. The summed E-state index contributed by atoms with van der Waals surface area (Å²) in [4.78, 5) is 11.7. The molecule has 0 heterocycles. The second-order valence-electron chi connectivity index (χ2n) is 6.29. The Bertz CT molecular complexity index is 877. The monoisotopic (exact) mass is 361 g/mol. The summed E-state index contributed by atoms with van der Waals surface area (Å²) in [6, 6.07) is 14.7. The van der Waals surface area contributed by atoms with E-state index in [-0.39, 0.29) is 11.3 Å². The van der Waals surface area contributed by atoms with Gasteiger partial charge >= 0.3 is 5.97 Å². The number of hydrogen-bond donors (Lipinski definition) is 3. The van der Waals surface area contributed by atoms with Crippen molar-refractivity contribution in [3.05, 3.63) is 65.7 Å². The molecule has 1 fully saturated rings. The molecule has 0 spiro atoms. The van der Waals surface area contributed by atoms with Crippen LogP contribution in [0, 0.1) is 0 Å². The van der Waals surface area contributed by atoms with Crippen molar-refractivity contribution in [3.63, 3.8) is 0 Å². The van der Waals surface area contributed by atoms with Gasteiger partial charge in [-0.3, -0.25) is 4.79 Å². The summed E-state index contributed by atoms with van der Waals surface area (Å²) in [6.45, 7) is 1.58. The summed E-state index contributed by atoms with van der Waals surface area (Å²) >= 11 is 0. The molecule has 3 atom stereocenters. The Hall–Kier alpha value is -2.22. The van der Waals surface area contributed by atoms with Crippen molar-refractivity contribution < 1.29 is 23.4 Å². The molecule has 0 saturated heterocycles. The van der Waals surface area contributed by atoms with E-state index in [9.17, 15) is 23.4 Å². The molecule has 1 unspecified atom stereocenters. The lowest BCUT2D eigenvalue weighted by Crippen LogP contribution is -2.44. The molecule has 3 rings (SSSR count). The first kappa shape index (κ1) is 17.6. The lowest BCUT2D eigenvalue weighted by atomic mass is 10.1. The van der Waals surface area contributed by atoms with Gasteiger partial charge < -0.3 is 10.2 Å². The van der Waals surface area contributed by atoms with Crippen LogP contribution in [0.3, 0.4) is 0 Å². The fraction of sp³-hybridized carbons (Fsp3) is 0.278. The van der Waals surface area contributed by atoms with E-state index in [4.69, 9.17) is 0 Å². The largest absolute Gasteiger partial charge is 0.480 e. The fourth-order valence-corrected chi connectivity index (χ4v) is 4.37. The van der Waals surface area contributed by atoms with Gasteiger partial charge in [-0.2, -0.15) is 4.72 Å². The smallest absolute Gasteiger partial charge is 0.325 e. The highest BCUT2D eigenvalue weighted by atomic mass is 32.2. The maximum absolute atomic E-state index is 12.6. The third kappa shape index (κ3) is 3.30. The maximum Gasteiger partial charge on any atom is 0.325 e. The average molecular weight is 361 g/mol. The first-order valence-corrected chi connectivity index (χ1v) is 9.35. The first-order valence-electron chi connectivity index (χ1n) is 7.86. The zero-order valence-corrected chi connectivity index (χ0v) is 14.4. The van der Waals surface area contributed by atoms with Crippen LogP contribution in [0.5, 0.6) is 0 Å². The summed E-state index contributed by atoms with van der Waals surface area (Å²) in [6.07, 6.45) is -0.502. The van der Waals surface area contributed by atoms with Gasteiger partial charge in [-0.25, -0.2) is 8.42 Å². The van der Waals surface area contributed by atoms with Crippen LogP contribution in [0.25, 0.3) is 0 Å². The number of hydrogen-bond acceptors (Lipinski definition) is 4. The van der Waals surface area contributed by atoms with Gasteiger partial charge in [0.25, 0.3) is 0 Å². The normalized spacial score (nSPS) is 23.8. The Kier molecular flexibility index (Phi) is 4.40. The molecule has 25 heavy (non-hydrogen) atoms. The standard InChI is InChI=1S/C18H19NO5S/c1-12(20)13-7-9-15(10-8-13)25(23,24)19-18(17(21)22)11-16(18)14-5-3-2-4-6-14/h2-10,12,16,19-20H,11H2,1H3,(H,21,22)/t12?,16-,18+/m0/s1. The number of benzene rings is 2. The molecule has 2 aromatic rings. The molecule has 132 valence electrons. The van der Waals surface area contributed by atoms with Gasteiger partial charge in [0.2, 0.25) is 10.0 Å². The van der Waals surface area contributed by atoms with Crippen molar-refractivity contribution >= 4 is 16.0 Å². The van der Waals surface area contributed by atoms with E-state index in [2.05, 4.69) is 4.72 Å². The van der Waals surface area contributed by atoms with Gasteiger partial charge in [-0.15, -0.1) is 0 Å². The van der Waals surface area contributed by atoms with Crippen molar-refractivity contribution in [2.75, 3.05) is 0 Å². The predicted molar refractivity (Wildman–Crippen MR) is 91.6 cm³/mol.